The van der Waals surface area contributed by atoms with E-state index < -0.39 is 152 Å². The number of carbonyl (C=O) groups is 3. The molecule has 24 heteroatoms. The summed E-state index contributed by atoms with van der Waals surface area (Å²) in [4.78, 5) is 38.5. The van der Waals surface area contributed by atoms with Crippen LogP contribution < -0.4 is 4.74 Å². The Labute approximate surface area is 442 Å². The number of hydrogen-bond acceptors (Lipinski definition) is 24. The molecular weight excluding hydrogens is 1010 g/mol. The number of hydrogen-bond donors (Lipinski definition) is 9. The number of esters is 1. The molecule has 2 aromatic carbocycles. The molecule has 1 saturated heterocycles. The first-order valence-electron chi connectivity index (χ1n) is 25.3. The van der Waals surface area contributed by atoms with Crippen LogP contribution in [0.3, 0.4) is 0 Å². The molecule has 0 bridgehead atoms. The maximum atomic E-state index is 14.6. The van der Waals surface area contributed by atoms with E-state index in [1.165, 1.54) is 54.7 Å². The van der Waals surface area contributed by atoms with Crippen LogP contribution in [0.15, 0.2) is 12.1 Å². The van der Waals surface area contributed by atoms with Crippen LogP contribution in [0.1, 0.15) is 104 Å². The van der Waals surface area contributed by atoms with E-state index in [4.69, 9.17) is 56.8 Å². The number of aromatic hydroxyl groups is 2. The highest BCUT2D eigenvalue weighted by molar-refractivity contribution is 6.11. The number of fused-ring (bicyclic) bond motifs is 2. The van der Waals surface area contributed by atoms with E-state index in [2.05, 4.69) is 0 Å². The Morgan fingerprint density at radius 2 is 1.42 bits per heavy atom. The van der Waals surface area contributed by atoms with Crippen LogP contribution in [-0.2, 0) is 68.1 Å². The van der Waals surface area contributed by atoms with Gasteiger partial charge in [-0.2, -0.15) is 0 Å². The standard InChI is InChI=1S/C52H82O24/c1-23-40(71-22-70-25(3)38(57)20-68-41-17-36(55)48(28(6)74-41)75-30(8)54)16-34-14-33-15-35(49(65-13)45(60)24(2)53)50(47(62)43(33)46(61)42(34)44(23)59)76-32(10)73-27(5)39(58)19-67-31(9)72-26(4)37(56)18-66-21-69-29(7)51(63)52(11,12)64/h14,16,25-29,31-32,35-39,41,45,48-51,55-61,63-64H,15,17-22H2,1-13H3/t25?,26?,27?,28?,29?,31?,32?,35-,36?,37+,38-,39-,41+,45-,48+,49-,50-,51+/m0/s1. The first-order chi connectivity index (χ1) is 35.5. The fraction of sp³-hybridized carbons (Fsp3) is 0.750. The molecule has 434 valence electrons. The average Bonchev–Trinajstić information content (AvgIpc) is 3.33. The zero-order valence-electron chi connectivity index (χ0n) is 45.6. The van der Waals surface area contributed by atoms with Gasteiger partial charge in [0.05, 0.1) is 79.1 Å². The van der Waals surface area contributed by atoms with Crippen molar-refractivity contribution in [2.45, 2.75) is 206 Å². The maximum absolute atomic E-state index is 14.6. The van der Waals surface area contributed by atoms with Crippen LogP contribution in [0, 0.1) is 12.8 Å². The lowest BCUT2D eigenvalue weighted by atomic mass is 9.75. The van der Waals surface area contributed by atoms with Gasteiger partial charge in [0.25, 0.3) is 0 Å². The highest BCUT2D eigenvalue weighted by Gasteiger charge is 2.47. The topological polar surface area (TPSA) is 344 Å². The van der Waals surface area contributed by atoms with Crippen molar-refractivity contribution < 1.29 is 117 Å². The number of phenolic OH excluding ortho intramolecular Hbond substituents is 2. The highest BCUT2D eigenvalue weighted by atomic mass is 16.7. The van der Waals surface area contributed by atoms with E-state index in [-0.39, 0.29) is 72.7 Å². The summed E-state index contributed by atoms with van der Waals surface area (Å²) < 4.78 is 68.0. The lowest BCUT2D eigenvalue weighted by Gasteiger charge is -2.39. The molecule has 1 fully saturated rings. The van der Waals surface area contributed by atoms with Crippen molar-refractivity contribution in [2.24, 2.45) is 5.92 Å². The van der Waals surface area contributed by atoms with Crippen molar-refractivity contribution in [1.29, 1.82) is 0 Å². The van der Waals surface area contributed by atoms with Gasteiger partial charge in [0.15, 0.2) is 43.3 Å². The number of rotatable bonds is 31. The van der Waals surface area contributed by atoms with Crippen LogP contribution >= 0.6 is 0 Å². The predicted molar refractivity (Wildman–Crippen MR) is 266 cm³/mol. The molecule has 1 heterocycles. The highest BCUT2D eigenvalue weighted by Crippen LogP contribution is 2.46. The number of Topliss-reactive ketones (excluding diaryl/α,β-unsaturated/α-hetero) is 2. The molecular formula is C52H82O24. The van der Waals surface area contributed by atoms with Gasteiger partial charge in [0.2, 0.25) is 0 Å². The molecule has 24 nitrogen and oxygen atoms in total. The molecule has 8 unspecified atom stereocenters. The molecule has 0 spiro atoms. The molecule has 0 aromatic heterocycles. The zero-order chi connectivity index (χ0) is 57.1. The second-order valence-corrected chi connectivity index (χ2v) is 20.2. The Kier molecular flexibility index (Phi) is 24.6. The Morgan fingerprint density at radius 1 is 0.816 bits per heavy atom. The number of aliphatic hydroxyl groups is 7. The summed E-state index contributed by atoms with van der Waals surface area (Å²) in [5.41, 5.74) is -1.14. The molecule has 2 aliphatic rings. The third-order valence-corrected chi connectivity index (χ3v) is 13.5. The Balaban J connectivity index is 1.39. The van der Waals surface area contributed by atoms with Crippen LogP contribution in [0.5, 0.6) is 17.2 Å². The fourth-order valence-electron chi connectivity index (χ4n) is 8.87. The van der Waals surface area contributed by atoms with Gasteiger partial charge < -0.3 is 103 Å². The van der Waals surface area contributed by atoms with Crippen molar-refractivity contribution in [3.05, 3.63) is 28.8 Å². The Bertz CT molecular complexity index is 2170. The molecule has 0 radical (unpaired) electrons. The smallest absolute Gasteiger partial charge is 0.303 e. The lowest BCUT2D eigenvalue weighted by Crippen LogP contribution is -2.52. The number of ether oxygens (including phenoxy) is 12. The number of ketones is 2. The third-order valence-electron chi connectivity index (χ3n) is 13.5. The van der Waals surface area contributed by atoms with E-state index in [1.54, 1.807) is 40.7 Å². The van der Waals surface area contributed by atoms with Gasteiger partial charge >= 0.3 is 5.97 Å². The third kappa shape index (κ3) is 17.4. The van der Waals surface area contributed by atoms with Crippen LogP contribution in [-0.4, -0.2) is 214 Å². The largest absolute Gasteiger partial charge is 0.507 e. The first kappa shape index (κ1) is 64.8. The van der Waals surface area contributed by atoms with Crippen molar-refractivity contribution in [3.63, 3.8) is 0 Å². The SMILES string of the molecule is CO[C@@H]([C@@H]1Cc2cc3cc(OCOC(C)[C@@H](O)CO[C@H]4CC(O)[C@H](OC(C)=O)C(C)O4)c(C)c(O)c3c(O)c2C(=O)[C@H]1OC(C)OC(C)[C@@H](O)COC(C)OC(C)[C@H](O)COCOC(C)[C@@H](O)C(C)(C)O)[C@@H](O)C(C)=O. The number of carbonyl (C=O) groups excluding carboxylic acids is 3. The number of aliphatic hydroxyl groups excluding tert-OH is 6. The van der Waals surface area contributed by atoms with Crippen molar-refractivity contribution in [1.82, 2.24) is 0 Å². The van der Waals surface area contributed by atoms with Crippen LogP contribution in [0.4, 0.5) is 0 Å². The van der Waals surface area contributed by atoms with E-state index in [9.17, 15) is 60.3 Å². The van der Waals surface area contributed by atoms with Crippen molar-refractivity contribution in [3.8, 4) is 17.2 Å². The van der Waals surface area contributed by atoms with Crippen LogP contribution in [0.25, 0.3) is 10.8 Å². The van der Waals surface area contributed by atoms with Gasteiger partial charge in [-0.1, -0.05) is 0 Å². The molecule has 1 aliphatic heterocycles. The molecule has 0 saturated carbocycles. The molecule has 76 heavy (non-hydrogen) atoms. The van der Waals surface area contributed by atoms with Gasteiger partial charge in [0.1, 0.15) is 60.7 Å². The van der Waals surface area contributed by atoms with Gasteiger partial charge in [-0.15, -0.1) is 0 Å². The zero-order valence-corrected chi connectivity index (χ0v) is 45.6. The monoisotopic (exact) mass is 1090 g/mol. The minimum absolute atomic E-state index is 0.00400. The number of phenols is 2. The van der Waals surface area contributed by atoms with Gasteiger partial charge in [0, 0.05) is 31.9 Å². The maximum Gasteiger partial charge on any atom is 0.303 e. The summed E-state index contributed by atoms with van der Waals surface area (Å²) in [6.45, 7) is 16.3. The van der Waals surface area contributed by atoms with E-state index >= 15 is 0 Å². The summed E-state index contributed by atoms with van der Waals surface area (Å²) in [6, 6.07) is 3.07. The molecule has 1 aliphatic carbocycles. The summed E-state index contributed by atoms with van der Waals surface area (Å²) in [5.74, 6) is -3.88. The average molecular weight is 1090 g/mol. The second-order valence-electron chi connectivity index (χ2n) is 20.2. The normalized spacial score (nSPS) is 25.0. The lowest BCUT2D eigenvalue weighted by molar-refractivity contribution is -0.259. The Hall–Kier alpha value is -3.77. The first-order valence-corrected chi connectivity index (χ1v) is 25.3. The minimum Gasteiger partial charge on any atom is -0.507 e. The molecule has 9 N–H and O–H groups in total. The minimum atomic E-state index is -1.69. The Morgan fingerprint density at radius 3 is 2.01 bits per heavy atom. The van der Waals surface area contributed by atoms with Gasteiger partial charge in [-0.05, 0) is 106 Å². The van der Waals surface area contributed by atoms with Crippen LogP contribution in [0.2, 0.25) is 0 Å². The van der Waals surface area contributed by atoms with Gasteiger partial charge in [-0.25, -0.2) is 0 Å². The van der Waals surface area contributed by atoms with E-state index in [0.717, 1.165) is 6.92 Å². The summed E-state index contributed by atoms with van der Waals surface area (Å²) >= 11 is 0. The summed E-state index contributed by atoms with van der Waals surface area (Å²) in [7, 11) is 1.26. The van der Waals surface area contributed by atoms with Crippen molar-refractivity contribution in [2.75, 3.05) is 40.5 Å². The molecule has 18 atom stereocenters. The quantitative estimate of drug-likeness (QED) is 0.0294. The molecule has 0 amide bonds. The fourth-order valence-corrected chi connectivity index (χ4v) is 8.87. The number of benzene rings is 2. The second kappa shape index (κ2) is 28.9. The molecule has 4 rings (SSSR count). The predicted octanol–water partition coefficient (Wildman–Crippen LogP) is 1.56. The van der Waals surface area contributed by atoms with Crippen molar-refractivity contribution >= 4 is 28.3 Å². The van der Waals surface area contributed by atoms with Gasteiger partial charge in [-0.3, -0.25) is 14.4 Å². The summed E-state index contributed by atoms with van der Waals surface area (Å²) in [5, 5.41) is 97.3. The van der Waals surface area contributed by atoms with E-state index in [1.807, 2.05) is 0 Å². The number of methoxy groups -OCH3 is 1. The summed E-state index contributed by atoms with van der Waals surface area (Å²) in [6.07, 6.45) is -18.3. The van der Waals surface area contributed by atoms with E-state index in [0.29, 0.717) is 0 Å². The molecule has 2 aromatic rings.